The number of thioether (sulfide) groups is 1. The highest BCUT2D eigenvalue weighted by atomic mass is 32.2. The molecule has 0 aliphatic rings. The second kappa shape index (κ2) is 7.25. The van der Waals surface area contributed by atoms with Crippen molar-refractivity contribution in [3.05, 3.63) is 64.1 Å². The van der Waals surface area contributed by atoms with E-state index in [2.05, 4.69) is 9.97 Å². The summed E-state index contributed by atoms with van der Waals surface area (Å²) in [6, 6.07) is 6.40. The smallest absolute Gasteiger partial charge is 0.323 e. The quantitative estimate of drug-likeness (QED) is 0.511. The number of aromatic nitrogens is 3. The summed E-state index contributed by atoms with van der Waals surface area (Å²) >= 11 is 1.37. The minimum absolute atomic E-state index is 0.0659. The van der Waals surface area contributed by atoms with Crippen molar-refractivity contribution in [3.63, 3.8) is 0 Å². The molecule has 0 spiro atoms. The topological polar surface area (TPSA) is 57.0 Å². The first-order valence-electron chi connectivity index (χ1n) is 7.61. The molecule has 0 N–H and O–H groups in total. The third-order valence-electron chi connectivity index (χ3n) is 3.64. The van der Waals surface area contributed by atoms with Gasteiger partial charge in [-0.05, 0) is 37.4 Å². The summed E-state index contributed by atoms with van der Waals surface area (Å²) in [7, 11) is 1.65. The lowest BCUT2D eigenvalue weighted by Gasteiger charge is -2.10. The standard InChI is InChI=1S/C18H15F2N3O2S/c1-10-6-11(9-23(2)17(10)24)14-8-16(26-3)22-18(21-14)25-15-5-4-12(19)7-13(15)20/h4-9H,1-3H3. The molecule has 1 aromatic carbocycles. The van der Waals surface area contributed by atoms with Gasteiger partial charge in [-0.1, -0.05) is 0 Å². The number of benzene rings is 1. The Morgan fingerprint density at radius 1 is 1.15 bits per heavy atom. The molecule has 5 nitrogen and oxygen atoms in total. The van der Waals surface area contributed by atoms with Crippen molar-refractivity contribution in [2.75, 3.05) is 6.26 Å². The van der Waals surface area contributed by atoms with Crippen LogP contribution in [0.1, 0.15) is 5.56 Å². The predicted octanol–water partition coefficient (Wildman–Crippen LogP) is 3.94. The number of nitrogens with zero attached hydrogens (tertiary/aromatic N) is 3. The zero-order valence-electron chi connectivity index (χ0n) is 14.3. The Labute approximate surface area is 152 Å². The van der Waals surface area contributed by atoms with Gasteiger partial charge in [-0.15, -0.1) is 11.8 Å². The van der Waals surface area contributed by atoms with Crippen LogP contribution in [-0.4, -0.2) is 20.8 Å². The lowest BCUT2D eigenvalue weighted by molar-refractivity contribution is 0.405. The molecule has 0 fully saturated rings. The van der Waals surface area contributed by atoms with E-state index in [-0.39, 0.29) is 17.3 Å². The normalized spacial score (nSPS) is 10.8. The highest BCUT2D eigenvalue weighted by Crippen LogP contribution is 2.28. The van der Waals surface area contributed by atoms with E-state index in [0.717, 1.165) is 12.1 Å². The van der Waals surface area contributed by atoms with E-state index in [1.807, 2.05) is 6.26 Å². The molecule has 0 unspecified atom stereocenters. The summed E-state index contributed by atoms with van der Waals surface area (Å²) in [5.74, 6) is -1.72. The Morgan fingerprint density at radius 2 is 1.92 bits per heavy atom. The van der Waals surface area contributed by atoms with Gasteiger partial charge in [-0.2, -0.15) is 9.97 Å². The predicted molar refractivity (Wildman–Crippen MR) is 95.7 cm³/mol. The molecular weight excluding hydrogens is 360 g/mol. The maximum Gasteiger partial charge on any atom is 0.323 e. The minimum atomic E-state index is -0.845. The Morgan fingerprint density at radius 3 is 2.58 bits per heavy atom. The van der Waals surface area contributed by atoms with E-state index in [1.165, 1.54) is 22.4 Å². The fourth-order valence-corrected chi connectivity index (χ4v) is 2.77. The second-order valence-corrected chi connectivity index (χ2v) is 6.41. The van der Waals surface area contributed by atoms with Crippen LogP contribution < -0.4 is 10.3 Å². The first kappa shape index (κ1) is 18.1. The zero-order chi connectivity index (χ0) is 18.8. The maximum atomic E-state index is 13.8. The SMILES string of the molecule is CSc1cc(-c2cc(C)c(=O)n(C)c2)nc(Oc2ccc(F)cc2F)n1. The molecule has 2 aromatic heterocycles. The van der Waals surface area contributed by atoms with Gasteiger partial charge in [0.1, 0.15) is 10.8 Å². The summed E-state index contributed by atoms with van der Waals surface area (Å²) in [6.07, 6.45) is 3.49. The van der Waals surface area contributed by atoms with Gasteiger partial charge in [-0.25, -0.2) is 8.78 Å². The number of aryl methyl sites for hydroxylation is 2. The molecule has 2 heterocycles. The van der Waals surface area contributed by atoms with Crippen molar-refractivity contribution in [1.82, 2.24) is 14.5 Å². The molecule has 0 aliphatic heterocycles. The highest BCUT2D eigenvalue weighted by Gasteiger charge is 2.13. The number of ether oxygens (including phenoxy) is 1. The molecular formula is C18H15F2N3O2S. The number of hydrogen-bond acceptors (Lipinski definition) is 5. The summed E-state index contributed by atoms with van der Waals surface area (Å²) in [4.78, 5) is 20.4. The molecule has 0 saturated carbocycles. The van der Waals surface area contributed by atoms with Crippen molar-refractivity contribution in [2.24, 2.45) is 7.05 Å². The number of halogens is 2. The first-order valence-corrected chi connectivity index (χ1v) is 8.83. The van der Waals surface area contributed by atoms with E-state index < -0.39 is 11.6 Å². The van der Waals surface area contributed by atoms with Gasteiger partial charge in [0, 0.05) is 30.4 Å². The highest BCUT2D eigenvalue weighted by molar-refractivity contribution is 7.98. The average molecular weight is 375 g/mol. The summed E-state index contributed by atoms with van der Waals surface area (Å²) in [5.41, 5.74) is 1.70. The van der Waals surface area contributed by atoms with E-state index in [9.17, 15) is 13.6 Å². The van der Waals surface area contributed by atoms with Crippen molar-refractivity contribution in [1.29, 1.82) is 0 Å². The zero-order valence-corrected chi connectivity index (χ0v) is 15.1. The van der Waals surface area contributed by atoms with Crippen LogP contribution in [0.5, 0.6) is 11.8 Å². The van der Waals surface area contributed by atoms with E-state index >= 15 is 0 Å². The molecule has 3 aromatic rings. The van der Waals surface area contributed by atoms with Gasteiger partial charge in [-0.3, -0.25) is 4.79 Å². The molecule has 3 rings (SSSR count). The third-order valence-corrected chi connectivity index (χ3v) is 4.27. The Bertz CT molecular complexity index is 1010. The number of hydrogen-bond donors (Lipinski definition) is 0. The van der Waals surface area contributed by atoms with Crippen molar-refractivity contribution in [2.45, 2.75) is 11.9 Å². The van der Waals surface area contributed by atoms with Crippen molar-refractivity contribution in [3.8, 4) is 23.0 Å². The molecule has 134 valence electrons. The van der Waals surface area contributed by atoms with E-state index in [4.69, 9.17) is 4.74 Å². The first-order chi connectivity index (χ1) is 12.4. The maximum absolute atomic E-state index is 13.8. The van der Waals surface area contributed by atoms with Crippen molar-refractivity contribution >= 4 is 11.8 Å². The summed E-state index contributed by atoms with van der Waals surface area (Å²) in [5, 5.41) is 0.610. The van der Waals surface area contributed by atoms with Crippen molar-refractivity contribution < 1.29 is 13.5 Å². The Kier molecular flexibility index (Phi) is 5.03. The number of pyridine rings is 1. The Hall–Kier alpha value is -2.74. The molecule has 26 heavy (non-hydrogen) atoms. The van der Waals surface area contributed by atoms with Gasteiger partial charge in [0.2, 0.25) is 0 Å². The number of rotatable bonds is 4. The van der Waals surface area contributed by atoms with Crippen LogP contribution in [0.2, 0.25) is 0 Å². The van der Waals surface area contributed by atoms with Gasteiger partial charge in [0.25, 0.3) is 5.56 Å². The van der Waals surface area contributed by atoms with Crippen LogP contribution in [-0.2, 0) is 7.05 Å². The fraction of sp³-hybridized carbons (Fsp3) is 0.167. The van der Waals surface area contributed by atoms with E-state index in [0.29, 0.717) is 21.8 Å². The summed E-state index contributed by atoms with van der Waals surface area (Å²) < 4.78 is 33.7. The molecule has 0 atom stereocenters. The van der Waals surface area contributed by atoms with E-state index in [1.54, 1.807) is 32.3 Å². The molecule has 0 aliphatic carbocycles. The minimum Gasteiger partial charge on any atom is -0.421 e. The average Bonchev–Trinajstić information content (AvgIpc) is 2.61. The van der Waals surface area contributed by atoms with Gasteiger partial charge in [0.05, 0.1) is 5.69 Å². The van der Waals surface area contributed by atoms with Crippen LogP contribution in [0.4, 0.5) is 8.78 Å². The van der Waals surface area contributed by atoms with Crippen LogP contribution in [0, 0.1) is 18.6 Å². The van der Waals surface area contributed by atoms with Crippen LogP contribution in [0.15, 0.2) is 46.3 Å². The Balaban J connectivity index is 2.05. The molecule has 8 heteroatoms. The molecule has 0 radical (unpaired) electrons. The largest absolute Gasteiger partial charge is 0.421 e. The van der Waals surface area contributed by atoms with Gasteiger partial charge in [0.15, 0.2) is 11.6 Å². The monoisotopic (exact) mass is 375 g/mol. The second-order valence-electron chi connectivity index (χ2n) is 5.58. The lowest BCUT2D eigenvalue weighted by Crippen LogP contribution is -2.18. The molecule has 0 saturated heterocycles. The molecule has 0 bridgehead atoms. The molecule has 0 amide bonds. The summed E-state index contributed by atoms with van der Waals surface area (Å²) in [6.45, 7) is 1.72. The van der Waals surface area contributed by atoms with Gasteiger partial charge < -0.3 is 9.30 Å². The van der Waals surface area contributed by atoms with Crippen LogP contribution in [0.3, 0.4) is 0 Å². The van der Waals surface area contributed by atoms with Gasteiger partial charge >= 0.3 is 6.01 Å². The lowest BCUT2D eigenvalue weighted by atomic mass is 10.1. The van der Waals surface area contributed by atoms with Crippen LogP contribution >= 0.6 is 11.8 Å². The third kappa shape index (κ3) is 3.75. The van der Waals surface area contributed by atoms with Crippen LogP contribution in [0.25, 0.3) is 11.3 Å². The fourth-order valence-electron chi connectivity index (χ4n) is 2.38.